The lowest BCUT2D eigenvalue weighted by Crippen LogP contribution is -2.34. The van der Waals surface area contributed by atoms with Crippen molar-refractivity contribution < 1.29 is 5.11 Å². The first-order chi connectivity index (χ1) is 8.61. The van der Waals surface area contributed by atoms with Crippen LogP contribution in [-0.4, -0.2) is 45.7 Å². The van der Waals surface area contributed by atoms with Crippen LogP contribution in [0.4, 0.5) is 0 Å². The van der Waals surface area contributed by atoms with Gasteiger partial charge in [-0.15, -0.1) is 0 Å². The molecule has 1 aromatic heterocycles. The fraction of sp³-hybridized carbons (Fsp3) is 0.667. The van der Waals surface area contributed by atoms with Gasteiger partial charge in [-0.3, -0.25) is 4.90 Å². The first-order valence-electron chi connectivity index (χ1n) is 6.15. The Hall–Kier alpha value is -0.420. The van der Waals surface area contributed by atoms with Gasteiger partial charge in [0.05, 0.1) is 6.61 Å². The van der Waals surface area contributed by atoms with Gasteiger partial charge in [0.1, 0.15) is 5.15 Å². The molecule has 0 spiro atoms. The van der Waals surface area contributed by atoms with Crippen molar-refractivity contribution >= 4 is 23.2 Å². The summed E-state index contributed by atoms with van der Waals surface area (Å²) < 4.78 is 0. The van der Waals surface area contributed by atoms with Gasteiger partial charge >= 0.3 is 0 Å². The number of rotatable bonds is 4. The third kappa shape index (κ3) is 3.12. The van der Waals surface area contributed by atoms with Crippen LogP contribution < -0.4 is 0 Å². The van der Waals surface area contributed by atoms with Crippen LogP contribution in [-0.2, 0) is 6.42 Å². The van der Waals surface area contributed by atoms with Crippen molar-refractivity contribution in [1.82, 2.24) is 14.9 Å². The van der Waals surface area contributed by atoms with Gasteiger partial charge in [0.15, 0.2) is 0 Å². The Labute approximate surface area is 117 Å². The lowest BCUT2D eigenvalue weighted by molar-refractivity contribution is 0.160. The second-order valence-corrected chi connectivity index (χ2v) is 5.31. The molecule has 0 aromatic carbocycles. The number of nitrogens with zero attached hydrogens (tertiary/aromatic N) is 3. The number of halogens is 2. The molecule has 18 heavy (non-hydrogen) atoms. The van der Waals surface area contributed by atoms with Crippen molar-refractivity contribution in [2.24, 2.45) is 0 Å². The van der Waals surface area contributed by atoms with Gasteiger partial charge in [-0.25, -0.2) is 9.97 Å². The molecule has 0 radical (unpaired) electrons. The van der Waals surface area contributed by atoms with Gasteiger partial charge in [-0.05, 0) is 44.3 Å². The molecule has 0 bridgehead atoms. The zero-order valence-corrected chi connectivity index (χ0v) is 11.9. The van der Waals surface area contributed by atoms with Gasteiger partial charge in [-0.2, -0.15) is 0 Å². The van der Waals surface area contributed by atoms with Crippen LogP contribution in [0.1, 0.15) is 24.1 Å². The summed E-state index contributed by atoms with van der Waals surface area (Å²) in [5.41, 5.74) is 1.78. The number of hydrogen-bond acceptors (Lipinski definition) is 4. The van der Waals surface area contributed by atoms with Crippen molar-refractivity contribution in [2.75, 3.05) is 19.7 Å². The van der Waals surface area contributed by atoms with E-state index in [0.717, 1.165) is 43.6 Å². The molecule has 1 fully saturated rings. The molecule has 1 aliphatic rings. The fourth-order valence-corrected chi connectivity index (χ4v) is 3.03. The summed E-state index contributed by atoms with van der Waals surface area (Å²) in [6, 6.07) is 0.289. The first kappa shape index (κ1) is 14.0. The Morgan fingerprint density at radius 3 is 2.83 bits per heavy atom. The van der Waals surface area contributed by atoms with E-state index in [4.69, 9.17) is 23.2 Å². The molecule has 1 aliphatic heterocycles. The third-order valence-electron chi connectivity index (χ3n) is 3.49. The molecular weight excluding hydrogens is 273 g/mol. The van der Waals surface area contributed by atoms with E-state index in [2.05, 4.69) is 14.9 Å². The highest BCUT2D eigenvalue weighted by molar-refractivity contribution is 6.32. The summed E-state index contributed by atoms with van der Waals surface area (Å²) in [5.74, 6) is 0. The summed E-state index contributed by atoms with van der Waals surface area (Å²) in [5, 5.41) is 9.90. The number of hydrogen-bond donors (Lipinski definition) is 1. The minimum absolute atomic E-state index is 0.190. The maximum atomic E-state index is 9.27. The molecule has 1 aromatic rings. The summed E-state index contributed by atoms with van der Waals surface area (Å²) in [6.45, 7) is 4.03. The molecule has 2 rings (SSSR count). The molecule has 0 unspecified atom stereocenters. The number of aliphatic hydroxyl groups is 1. The summed E-state index contributed by atoms with van der Waals surface area (Å²) >= 11 is 11.8. The van der Waals surface area contributed by atoms with Gasteiger partial charge in [0.2, 0.25) is 5.28 Å². The number of aromatic nitrogens is 2. The van der Waals surface area contributed by atoms with Crippen molar-refractivity contribution in [3.8, 4) is 0 Å². The predicted molar refractivity (Wildman–Crippen MR) is 72.2 cm³/mol. The highest BCUT2D eigenvalue weighted by atomic mass is 35.5. The minimum atomic E-state index is 0.190. The lowest BCUT2D eigenvalue weighted by Gasteiger charge is -2.22. The van der Waals surface area contributed by atoms with Crippen LogP contribution >= 0.6 is 23.2 Å². The molecule has 0 saturated carbocycles. The van der Waals surface area contributed by atoms with Gasteiger partial charge < -0.3 is 5.11 Å². The highest BCUT2D eigenvalue weighted by Crippen LogP contribution is 2.21. The molecule has 1 saturated heterocycles. The molecular formula is C12H17Cl2N3O. The van der Waals surface area contributed by atoms with E-state index in [1.807, 2.05) is 6.92 Å². The molecule has 4 nitrogen and oxygen atoms in total. The van der Waals surface area contributed by atoms with Crippen molar-refractivity contribution in [3.63, 3.8) is 0 Å². The average molecular weight is 290 g/mol. The maximum Gasteiger partial charge on any atom is 0.224 e. The second-order valence-electron chi connectivity index (χ2n) is 4.61. The van der Waals surface area contributed by atoms with Crippen molar-refractivity contribution in [1.29, 1.82) is 0 Å². The zero-order chi connectivity index (χ0) is 13.1. The van der Waals surface area contributed by atoms with Crippen molar-refractivity contribution in [3.05, 3.63) is 21.7 Å². The summed E-state index contributed by atoms with van der Waals surface area (Å²) in [4.78, 5) is 10.4. The molecule has 1 N–H and O–H groups in total. The molecule has 2 heterocycles. The second kappa shape index (κ2) is 6.15. The van der Waals surface area contributed by atoms with E-state index in [1.54, 1.807) is 0 Å². The molecule has 100 valence electrons. The Bertz CT molecular complexity index is 405. The number of aliphatic hydroxyl groups excluding tert-OH is 1. The van der Waals surface area contributed by atoms with Crippen LogP contribution in [0.2, 0.25) is 10.4 Å². The highest BCUT2D eigenvalue weighted by Gasteiger charge is 2.23. The van der Waals surface area contributed by atoms with Gasteiger partial charge in [-0.1, -0.05) is 11.6 Å². The third-order valence-corrected chi connectivity index (χ3v) is 3.98. The topological polar surface area (TPSA) is 49.2 Å². The monoisotopic (exact) mass is 289 g/mol. The lowest BCUT2D eigenvalue weighted by atomic mass is 10.1. The van der Waals surface area contributed by atoms with Crippen LogP contribution in [0, 0.1) is 6.92 Å². The van der Waals surface area contributed by atoms with E-state index in [-0.39, 0.29) is 17.9 Å². The molecule has 0 aliphatic carbocycles. The summed E-state index contributed by atoms with van der Waals surface area (Å²) in [6.07, 6.45) is 3.01. The Kier molecular flexibility index (Phi) is 4.78. The SMILES string of the molecule is Cc1nc(Cl)nc(Cl)c1CCN1CCC[C@H]1CO. The maximum absolute atomic E-state index is 9.27. The largest absolute Gasteiger partial charge is 0.395 e. The van der Waals surface area contributed by atoms with E-state index >= 15 is 0 Å². The normalized spacial score (nSPS) is 20.6. The van der Waals surface area contributed by atoms with E-state index in [9.17, 15) is 5.11 Å². The Morgan fingerprint density at radius 2 is 2.17 bits per heavy atom. The van der Waals surface area contributed by atoms with Crippen LogP contribution in [0.3, 0.4) is 0 Å². The standard InChI is InChI=1S/C12H17Cl2N3O/c1-8-10(11(13)16-12(14)15-8)4-6-17-5-2-3-9(17)7-18/h9,18H,2-7H2,1H3/t9-/m0/s1. The quantitative estimate of drug-likeness (QED) is 0.681. The van der Waals surface area contributed by atoms with Crippen molar-refractivity contribution in [2.45, 2.75) is 32.2 Å². The fourth-order valence-electron chi connectivity index (χ4n) is 2.46. The number of likely N-dealkylation sites (tertiary alicyclic amines) is 1. The molecule has 1 atom stereocenters. The van der Waals surface area contributed by atoms with E-state index in [0.29, 0.717) is 5.15 Å². The van der Waals surface area contributed by atoms with Crippen LogP contribution in [0.25, 0.3) is 0 Å². The number of aryl methyl sites for hydroxylation is 1. The van der Waals surface area contributed by atoms with E-state index in [1.165, 1.54) is 0 Å². The molecule has 6 heteroatoms. The predicted octanol–water partition coefficient (Wildman–Crippen LogP) is 2.09. The van der Waals surface area contributed by atoms with Gasteiger partial charge in [0, 0.05) is 23.8 Å². The minimum Gasteiger partial charge on any atom is -0.395 e. The smallest absolute Gasteiger partial charge is 0.224 e. The van der Waals surface area contributed by atoms with E-state index < -0.39 is 0 Å². The van der Waals surface area contributed by atoms with Crippen LogP contribution in [0.5, 0.6) is 0 Å². The molecule has 0 amide bonds. The van der Waals surface area contributed by atoms with Gasteiger partial charge in [0.25, 0.3) is 0 Å². The zero-order valence-electron chi connectivity index (χ0n) is 10.4. The first-order valence-corrected chi connectivity index (χ1v) is 6.91. The Balaban J connectivity index is 2.02. The van der Waals surface area contributed by atoms with Crippen LogP contribution in [0.15, 0.2) is 0 Å². The summed E-state index contributed by atoms with van der Waals surface area (Å²) in [7, 11) is 0. The Morgan fingerprint density at radius 1 is 1.39 bits per heavy atom. The average Bonchev–Trinajstić information content (AvgIpc) is 2.75.